The van der Waals surface area contributed by atoms with E-state index in [1.54, 1.807) is 26.0 Å². The lowest BCUT2D eigenvalue weighted by Gasteiger charge is -2.24. The number of hydrogen-bond donors (Lipinski definition) is 1. The number of likely N-dealkylation sites (N-methyl/N-ethyl adjacent to an activating group) is 1. The fraction of sp³-hybridized carbons (Fsp3) is 0.600. The Morgan fingerprint density at radius 3 is 2.36 bits per heavy atom. The van der Waals surface area contributed by atoms with Crippen LogP contribution in [0.15, 0.2) is 18.2 Å². The zero-order valence-electron chi connectivity index (χ0n) is 23.2. The highest BCUT2D eigenvalue weighted by Gasteiger charge is 2.48. The molecule has 3 aliphatic rings. The number of ether oxygens (including phenoxy) is 1. The van der Waals surface area contributed by atoms with Gasteiger partial charge in [0, 0.05) is 44.6 Å². The van der Waals surface area contributed by atoms with Gasteiger partial charge in [0.1, 0.15) is 5.69 Å². The summed E-state index contributed by atoms with van der Waals surface area (Å²) < 4.78 is 50.5. The lowest BCUT2D eigenvalue weighted by Crippen LogP contribution is -2.39. The third kappa shape index (κ3) is 5.10. The van der Waals surface area contributed by atoms with Crippen molar-refractivity contribution in [3.8, 4) is 11.1 Å². The molecule has 1 aliphatic carbocycles. The van der Waals surface area contributed by atoms with E-state index in [4.69, 9.17) is 4.74 Å². The summed E-state index contributed by atoms with van der Waals surface area (Å²) in [5.41, 5.74) is 0.685. The van der Waals surface area contributed by atoms with Gasteiger partial charge in [-0.05, 0) is 68.4 Å². The lowest BCUT2D eigenvalue weighted by atomic mass is 9.82. The summed E-state index contributed by atoms with van der Waals surface area (Å²) in [4.78, 5) is 27.5. The predicted octanol–water partition coefficient (Wildman–Crippen LogP) is 6.00. The SMILES string of the molecule is CN1C(=O)C(C)(C)c2cc(-c3cc(C(=O)NC4CCOCC4)n(C)c3CC3CCCCC3)cc(C(F)(F)F)c21. The molecule has 9 heteroatoms. The van der Waals surface area contributed by atoms with E-state index >= 15 is 0 Å². The van der Waals surface area contributed by atoms with E-state index in [9.17, 15) is 22.8 Å². The van der Waals surface area contributed by atoms with Crippen LogP contribution in [0.1, 0.15) is 86.1 Å². The molecule has 2 aliphatic heterocycles. The van der Waals surface area contributed by atoms with Crippen molar-refractivity contribution in [3.05, 3.63) is 40.7 Å². The van der Waals surface area contributed by atoms with E-state index in [1.165, 1.54) is 13.5 Å². The smallest absolute Gasteiger partial charge is 0.381 e. The first kappa shape index (κ1) is 27.7. The molecule has 5 rings (SSSR count). The molecule has 2 aromatic rings. The molecule has 1 saturated carbocycles. The molecule has 0 radical (unpaired) electrons. The molecule has 1 aromatic heterocycles. The molecule has 2 fully saturated rings. The number of benzene rings is 1. The minimum atomic E-state index is -4.64. The van der Waals surface area contributed by atoms with Crippen molar-refractivity contribution < 1.29 is 27.5 Å². The number of alkyl halides is 3. The highest BCUT2D eigenvalue weighted by molar-refractivity contribution is 6.08. The number of rotatable bonds is 5. The molecular weight excluding hydrogens is 507 g/mol. The molecular formula is C30H38F3N3O3. The van der Waals surface area contributed by atoms with Crippen LogP contribution in [-0.4, -0.2) is 42.7 Å². The average Bonchev–Trinajstić information content (AvgIpc) is 3.31. The first-order valence-corrected chi connectivity index (χ1v) is 14.0. The molecule has 6 nitrogen and oxygen atoms in total. The molecule has 0 bridgehead atoms. The molecule has 39 heavy (non-hydrogen) atoms. The number of nitrogens with one attached hydrogen (secondary N) is 1. The molecule has 1 aromatic carbocycles. The summed E-state index contributed by atoms with van der Waals surface area (Å²) in [6.07, 6.45) is 3.13. The van der Waals surface area contributed by atoms with Crippen LogP contribution < -0.4 is 10.2 Å². The minimum Gasteiger partial charge on any atom is -0.381 e. The maximum absolute atomic E-state index is 14.4. The van der Waals surface area contributed by atoms with Crippen molar-refractivity contribution in [1.82, 2.24) is 9.88 Å². The number of carbonyl (C=O) groups excluding carboxylic acids is 2. The van der Waals surface area contributed by atoms with Gasteiger partial charge in [-0.1, -0.05) is 32.1 Å². The fourth-order valence-corrected chi connectivity index (χ4v) is 6.60. The van der Waals surface area contributed by atoms with Gasteiger partial charge in [-0.2, -0.15) is 13.2 Å². The number of amides is 2. The highest BCUT2D eigenvalue weighted by Crippen LogP contribution is 2.50. The first-order valence-electron chi connectivity index (χ1n) is 14.0. The predicted molar refractivity (Wildman–Crippen MR) is 144 cm³/mol. The molecule has 0 atom stereocenters. The fourth-order valence-electron chi connectivity index (χ4n) is 6.60. The molecule has 3 heterocycles. The van der Waals surface area contributed by atoms with Gasteiger partial charge < -0.3 is 19.5 Å². The van der Waals surface area contributed by atoms with E-state index in [2.05, 4.69) is 5.32 Å². The quantitative estimate of drug-likeness (QED) is 0.502. The van der Waals surface area contributed by atoms with Gasteiger partial charge in [-0.15, -0.1) is 0 Å². The number of anilines is 1. The Bertz CT molecular complexity index is 1270. The van der Waals surface area contributed by atoms with Gasteiger partial charge >= 0.3 is 6.18 Å². The summed E-state index contributed by atoms with van der Waals surface area (Å²) in [5, 5.41) is 3.10. The van der Waals surface area contributed by atoms with E-state index < -0.39 is 17.2 Å². The largest absolute Gasteiger partial charge is 0.418 e. The van der Waals surface area contributed by atoms with Crippen LogP contribution in [0.3, 0.4) is 0 Å². The van der Waals surface area contributed by atoms with Crippen molar-refractivity contribution in [2.24, 2.45) is 13.0 Å². The summed E-state index contributed by atoms with van der Waals surface area (Å²) in [6.45, 7) is 4.52. The normalized spacial score (nSPS) is 20.4. The van der Waals surface area contributed by atoms with Crippen LogP contribution in [-0.2, 0) is 34.6 Å². The van der Waals surface area contributed by atoms with Crippen LogP contribution in [0.25, 0.3) is 11.1 Å². The van der Waals surface area contributed by atoms with E-state index in [-0.39, 0.29) is 23.5 Å². The Hall–Kier alpha value is -2.81. The van der Waals surface area contributed by atoms with E-state index in [0.717, 1.165) is 55.2 Å². The zero-order valence-corrected chi connectivity index (χ0v) is 23.2. The summed E-state index contributed by atoms with van der Waals surface area (Å²) in [5.74, 6) is -0.182. The molecule has 212 valence electrons. The Kier molecular flexibility index (Phi) is 7.33. The number of halogens is 3. The lowest BCUT2D eigenvalue weighted by molar-refractivity contribution is -0.137. The molecule has 0 unspecified atom stereocenters. The van der Waals surface area contributed by atoms with E-state index in [0.29, 0.717) is 47.9 Å². The monoisotopic (exact) mass is 545 g/mol. The Labute approximate surface area is 227 Å². The van der Waals surface area contributed by atoms with Crippen molar-refractivity contribution in [1.29, 1.82) is 0 Å². The molecule has 1 N–H and O–H groups in total. The van der Waals surface area contributed by atoms with Crippen molar-refractivity contribution in [2.75, 3.05) is 25.2 Å². The van der Waals surface area contributed by atoms with Crippen LogP contribution in [0.5, 0.6) is 0 Å². The Balaban J connectivity index is 1.63. The van der Waals surface area contributed by atoms with Crippen LogP contribution in [0.4, 0.5) is 18.9 Å². The zero-order chi connectivity index (χ0) is 28.1. The van der Waals surface area contributed by atoms with Gasteiger partial charge in [-0.3, -0.25) is 9.59 Å². The Morgan fingerprint density at radius 2 is 1.72 bits per heavy atom. The third-order valence-corrected chi connectivity index (χ3v) is 8.93. The second-order valence-corrected chi connectivity index (χ2v) is 11.9. The highest BCUT2D eigenvalue weighted by atomic mass is 19.4. The Morgan fingerprint density at radius 1 is 1.05 bits per heavy atom. The van der Waals surface area contributed by atoms with Crippen LogP contribution >= 0.6 is 0 Å². The van der Waals surface area contributed by atoms with Gasteiger partial charge in [0.15, 0.2) is 0 Å². The van der Waals surface area contributed by atoms with Gasteiger partial charge in [0.2, 0.25) is 5.91 Å². The standard InChI is InChI=1S/C30H38F3N3O3/c1-29(2)22-15-19(16-23(30(31,32)33)26(22)36(4)28(29)38)21-17-25(27(37)34-20-10-12-39-13-11-20)35(3)24(21)14-18-8-6-5-7-9-18/h15-18,20H,5-14H2,1-4H3,(H,34,37). The van der Waals surface area contributed by atoms with Crippen LogP contribution in [0.2, 0.25) is 0 Å². The van der Waals surface area contributed by atoms with Gasteiger partial charge in [0.25, 0.3) is 5.91 Å². The number of aromatic nitrogens is 1. The molecule has 1 saturated heterocycles. The number of carbonyl (C=O) groups is 2. The summed E-state index contributed by atoms with van der Waals surface area (Å²) >= 11 is 0. The van der Waals surface area contributed by atoms with E-state index in [1.807, 2.05) is 11.6 Å². The number of nitrogens with zero attached hydrogens (tertiary/aromatic N) is 2. The topological polar surface area (TPSA) is 63.6 Å². The summed E-state index contributed by atoms with van der Waals surface area (Å²) in [6, 6.07) is 4.63. The maximum Gasteiger partial charge on any atom is 0.418 e. The molecule has 2 amide bonds. The number of fused-ring (bicyclic) bond motifs is 1. The molecule has 0 spiro atoms. The second-order valence-electron chi connectivity index (χ2n) is 11.9. The summed E-state index contributed by atoms with van der Waals surface area (Å²) in [7, 11) is 3.24. The first-order chi connectivity index (χ1) is 18.4. The average molecular weight is 546 g/mol. The van der Waals surface area contributed by atoms with Crippen molar-refractivity contribution in [2.45, 2.75) is 82.8 Å². The number of hydrogen-bond acceptors (Lipinski definition) is 3. The maximum atomic E-state index is 14.4. The second kappa shape index (κ2) is 10.3. The van der Waals surface area contributed by atoms with Gasteiger partial charge in [-0.25, -0.2) is 0 Å². The van der Waals surface area contributed by atoms with Gasteiger partial charge in [0.05, 0.1) is 16.7 Å². The minimum absolute atomic E-state index is 0.00516. The van der Waals surface area contributed by atoms with Crippen molar-refractivity contribution >= 4 is 17.5 Å². The van der Waals surface area contributed by atoms with Crippen molar-refractivity contribution in [3.63, 3.8) is 0 Å². The third-order valence-electron chi connectivity index (χ3n) is 8.93. The van der Waals surface area contributed by atoms with Crippen LogP contribution in [0, 0.1) is 5.92 Å².